The number of aryl methyl sites for hydroxylation is 1. The van der Waals surface area contributed by atoms with Crippen LogP contribution < -0.4 is 5.32 Å². The Hall–Kier alpha value is -0.340. The molecule has 0 aromatic carbocycles. The highest BCUT2D eigenvalue weighted by Gasteiger charge is 2.37. The molecule has 1 aromatic heterocycles. The number of nitrogens with one attached hydrogen (secondary N) is 1. The van der Waals surface area contributed by atoms with Crippen molar-refractivity contribution in [2.45, 2.75) is 52.0 Å². The summed E-state index contributed by atoms with van der Waals surface area (Å²) in [6.07, 6.45) is 5.37. The van der Waals surface area contributed by atoms with Crippen molar-refractivity contribution < 1.29 is 0 Å². The van der Waals surface area contributed by atoms with Gasteiger partial charge in [-0.2, -0.15) is 0 Å². The summed E-state index contributed by atoms with van der Waals surface area (Å²) < 4.78 is 0. The van der Waals surface area contributed by atoms with Gasteiger partial charge in [0.25, 0.3) is 0 Å². The Bertz CT molecular complexity index is 332. The molecule has 90 valence electrons. The molecular formula is C14H23NS. The van der Waals surface area contributed by atoms with E-state index in [-0.39, 0.29) is 5.54 Å². The average Bonchev–Trinajstić information content (AvgIpc) is 2.55. The van der Waals surface area contributed by atoms with Crippen LogP contribution in [0.2, 0.25) is 0 Å². The predicted molar refractivity (Wildman–Crippen MR) is 72.0 cm³/mol. The van der Waals surface area contributed by atoms with Gasteiger partial charge in [0.2, 0.25) is 0 Å². The highest BCUT2D eigenvalue weighted by Crippen LogP contribution is 2.40. The first-order valence-corrected chi connectivity index (χ1v) is 7.34. The molecule has 1 aliphatic rings. The van der Waals surface area contributed by atoms with Gasteiger partial charge < -0.3 is 5.32 Å². The van der Waals surface area contributed by atoms with Crippen LogP contribution in [0.4, 0.5) is 0 Å². The van der Waals surface area contributed by atoms with E-state index < -0.39 is 0 Å². The topological polar surface area (TPSA) is 12.0 Å². The molecule has 1 nitrogen and oxygen atoms in total. The lowest BCUT2D eigenvalue weighted by atomic mass is 9.80. The van der Waals surface area contributed by atoms with Crippen LogP contribution >= 0.6 is 11.3 Å². The molecule has 2 rings (SSSR count). The summed E-state index contributed by atoms with van der Waals surface area (Å²) in [7, 11) is 0. The number of thiophene rings is 1. The largest absolute Gasteiger partial charge is 0.306 e. The van der Waals surface area contributed by atoms with Crippen LogP contribution in [-0.2, 0) is 5.54 Å². The van der Waals surface area contributed by atoms with Gasteiger partial charge in [0.15, 0.2) is 0 Å². The maximum absolute atomic E-state index is 3.85. The van der Waals surface area contributed by atoms with Crippen LogP contribution in [0.5, 0.6) is 0 Å². The van der Waals surface area contributed by atoms with Crippen LogP contribution in [0.15, 0.2) is 11.4 Å². The molecule has 2 heterocycles. The molecule has 2 heteroatoms. The number of rotatable bonds is 2. The summed E-state index contributed by atoms with van der Waals surface area (Å²) in [6.45, 7) is 8.15. The van der Waals surface area contributed by atoms with Gasteiger partial charge in [-0.3, -0.25) is 0 Å². The smallest absolute Gasteiger partial charge is 0.0554 e. The zero-order chi connectivity index (χ0) is 11.6. The average molecular weight is 237 g/mol. The van der Waals surface area contributed by atoms with E-state index in [1.54, 1.807) is 4.88 Å². The maximum Gasteiger partial charge on any atom is 0.0554 e. The Morgan fingerprint density at radius 2 is 2.12 bits per heavy atom. The molecular weight excluding hydrogens is 214 g/mol. The standard InChI is InChI=1S/C14H23NS/c1-11(2)14(8-5-4-6-9-15-14)13-12(3)7-10-16-13/h7,10-11,15H,4-6,8-9H2,1-3H3. The quantitative estimate of drug-likeness (QED) is 0.817. The fourth-order valence-electron chi connectivity index (χ4n) is 2.88. The Labute approximate surface area is 103 Å². The van der Waals surface area contributed by atoms with Crippen LogP contribution in [0.3, 0.4) is 0 Å². The molecule has 0 saturated carbocycles. The van der Waals surface area contributed by atoms with Crippen molar-refractivity contribution >= 4 is 11.3 Å². The third-order valence-electron chi connectivity index (χ3n) is 3.94. The van der Waals surface area contributed by atoms with Gasteiger partial charge in [0, 0.05) is 4.88 Å². The SMILES string of the molecule is Cc1ccsc1C1(C(C)C)CCCCCN1. The second-order valence-corrected chi connectivity index (χ2v) is 6.21. The summed E-state index contributed by atoms with van der Waals surface area (Å²) in [5.74, 6) is 0.669. The summed E-state index contributed by atoms with van der Waals surface area (Å²) in [4.78, 5) is 1.57. The van der Waals surface area contributed by atoms with Crippen molar-refractivity contribution in [3.05, 3.63) is 21.9 Å². The minimum Gasteiger partial charge on any atom is -0.306 e. The van der Waals surface area contributed by atoms with E-state index in [0.717, 1.165) is 0 Å². The van der Waals surface area contributed by atoms with E-state index in [1.807, 2.05) is 11.3 Å². The number of hydrogen-bond donors (Lipinski definition) is 1. The zero-order valence-corrected chi connectivity index (χ0v) is 11.5. The van der Waals surface area contributed by atoms with Crippen LogP contribution in [0, 0.1) is 12.8 Å². The van der Waals surface area contributed by atoms with E-state index in [2.05, 4.69) is 37.5 Å². The number of hydrogen-bond acceptors (Lipinski definition) is 2. The molecule has 1 saturated heterocycles. The van der Waals surface area contributed by atoms with Crippen molar-refractivity contribution in [2.75, 3.05) is 6.54 Å². The molecule has 1 N–H and O–H groups in total. The van der Waals surface area contributed by atoms with Crippen molar-refractivity contribution in [2.24, 2.45) is 5.92 Å². The molecule has 0 spiro atoms. The third kappa shape index (κ3) is 2.05. The first kappa shape index (κ1) is 12.1. The van der Waals surface area contributed by atoms with Gasteiger partial charge in [-0.25, -0.2) is 0 Å². The fourth-order valence-corrected chi connectivity index (χ4v) is 4.17. The van der Waals surface area contributed by atoms with Crippen molar-refractivity contribution in [1.29, 1.82) is 0 Å². The normalized spacial score (nSPS) is 27.0. The van der Waals surface area contributed by atoms with E-state index >= 15 is 0 Å². The monoisotopic (exact) mass is 237 g/mol. The van der Waals surface area contributed by atoms with Gasteiger partial charge in [0.1, 0.15) is 0 Å². The van der Waals surface area contributed by atoms with Crippen LogP contribution in [0.1, 0.15) is 50.0 Å². The zero-order valence-electron chi connectivity index (χ0n) is 10.7. The van der Waals surface area contributed by atoms with E-state index in [1.165, 1.54) is 37.8 Å². The molecule has 0 bridgehead atoms. The van der Waals surface area contributed by atoms with Crippen molar-refractivity contribution in [3.8, 4) is 0 Å². The van der Waals surface area contributed by atoms with E-state index in [4.69, 9.17) is 0 Å². The molecule has 1 aromatic rings. The van der Waals surface area contributed by atoms with Crippen LogP contribution in [-0.4, -0.2) is 6.54 Å². The predicted octanol–water partition coefficient (Wildman–Crippen LogP) is 4.07. The summed E-state index contributed by atoms with van der Waals surface area (Å²) in [5, 5.41) is 6.09. The molecule has 0 amide bonds. The fraction of sp³-hybridized carbons (Fsp3) is 0.714. The van der Waals surface area contributed by atoms with Crippen LogP contribution in [0.25, 0.3) is 0 Å². The molecule has 1 atom stereocenters. The van der Waals surface area contributed by atoms with Gasteiger partial charge in [0.05, 0.1) is 5.54 Å². The maximum atomic E-state index is 3.85. The first-order valence-electron chi connectivity index (χ1n) is 6.46. The highest BCUT2D eigenvalue weighted by atomic mass is 32.1. The minimum absolute atomic E-state index is 0.245. The van der Waals surface area contributed by atoms with Gasteiger partial charge in [-0.1, -0.05) is 26.7 Å². The Morgan fingerprint density at radius 1 is 1.31 bits per heavy atom. The second kappa shape index (κ2) is 4.89. The van der Waals surface area contributed by atoms with Gasteiger partial charge in [-0.15, -0.1) is 11.3 Å². The molecule has 0 aliphatic carbocycles. The molecule has 16 heavy (non-hydrogen) atoms. The molecule has 1 aliphatic heterocycles. The van der Waals surface area contributed by atoms with Crippen molar-refractivity contribution in [3.63, 3.8) is 0 Å². The molecule has 1 fully saturated rings. The first-order chi connectivity index (χ1) is 7.67. The molecule has 0 radical (unpaired) electrons. The third-order valence-corrected chi connectivity index (χ3v) is 5.14. The summed E-state index contributed by atoms with van der Waals surface area (Å²) >= 11 is 1.93. The Balaban J connectivity index is 2.38. The molecule has 1 unspecified atom stereocenters. The van der Waals surface area contributed by atoms with Gasteiger partial charge >= 0.3 is 0 Å². The second-order valence-electron chi connectivity index (χ2n) is 5.30. The highest BCUT2D eigenvalue weighted by molar-refractivity contribution is 7.10. The summed E-state index contributed by atoms with van der Waals surface area (Å²) in [6, 6.07) is 2.26. The lowest BCUT2D eigenvalue weighted by Crippen LogP contribution is -2.46. The van der Waals surface area contributed by atoms with Gasteiger partial charge in [-0.05, 0) is 49.2 Å². The Morgan fingerprint density at radius 3 is 2.75 bits per heavy atom. The van der Waals surface area contributed by atoms with E-state index in [0.29, 0.717) is 5.92 Å². The van der Waals surface area contributed by atoms with E-state index in [9.17, 15) is 0 Å². The Kier molecular flexibility index (Phi) is 3.70. The lowest BCUT2D eigenvalue weighted by Gasteiger charge is -2.38. The lowest BCUT2D eigenvalue weighted by molar-refractivity contribution is 0.235. The van der Waals surface area contributed by atoms with Crippen molar-refractivity contribution in [1.82, 2.24) is 5.32 Å². The summed E-state index contributed by atoms with van der Waals surface area (Å²) in [5.41, 5.74) is 1.71. The minimum atomic E-state index is 0.245.